The molecule has 3 heteroatoms. The second-order valence-electron chi connectivity index (χ2n) is 2.10. The van der Waals surface area contributed by atoms with E-state index in [0.717, 1.165) is 0 Å². The second-order valence-corrected chi connectivity index (χ2v) is 2.10. The van der Waals surface area contributed by atoms with E-state index in [1.165, 1.54) is 18.4 Å². The van der Waals surface area contributed by atoms with E-state index < -0.39 is 5.97 Å². The lowest BCUT2D eigenvalue weighted by molar-refractivity contribution is -0.130. The van der Waals surface area contributed by atoms with Gasteiger partial charge >= 0.3 is 5.97 Å². The van der Waals surface area contributed by atoms with Crippen LogP contribution in [0.3, 0.4) is 0 Å². The van der Waals surface area contributed by atoms with Crippen molar-refractivity contribution in [2.75, 3.05) is 0 Å². The molecule has 0 aromatic carbocycles. The molecule has 0 radical (unpaired) electrons. The number of rotatable bonds is 3. The van der Waals surface area contributed by atoms with E-state index in [0.29, 0.717) is 5.76 Å². The lowest BCUT2D eigenvalue weighted by Gasteiger charge is -1.94. The molecule has 12 heavy (non-hydrogen) atoms. The summed E-state index contributed by atoms with van der Waals surface area (Å²) in [5.74, 6) is -0.688. The molecule has 0 aliphatic rings. The predicted molar refractivity (Wildman–Crippen MR) is 44.5 cm³/mol. The molecule has 0 bridgehead atoms. The summed E-state index contributed by atoms with van der Waals surface area (Å²) in [6.07, 6.45) is 4.22. The third kappa shape index (κ3) is 1.63. The van der Waals surface area contributed by atoms with Gasteiger partial charge < -0.3 is 9.52 Å². The lowest BCUT2D eigenvalue weighted by Crippen LogP contribution is -1.97. The maximum atomic E-state index is 10.6. The maximum Gasteiger partial charge on any atom is 0.339 e. The number of allylic oxidation sites excluding steroid dienone is 2. The zero-order valence-electron chi connectivity index (χ0n) is 6.36. The molecule has 0 spiro atoms. The van der Waals surface area contributed by atoms with Crippen LogP contribution < -0.4 is 0 Å². The molecule has 3 nitrogen and oxygen atoms in total. The van der Waals surface area contributed by atoms with Crippen LogP contribution in [0, 0.1) is 0 Å². The Hall–Kier alpha value is -1.77. The minimum atomic E-state index is -1.02. The summed E-state index contributed by atoms with van der Waals surface area (Å²) >= 11 is 0. The Bertz CT molecular complexity index is 307. The Labute approximate surface area is 69.6 Å². The van der Waals surface area contributed by atoms with E-state index in [2.05, 4.69) is 6.58 Å². The van der Waals surface area contributed by atoms with Gasteiger partial charge in [-0.2, -0.15) is 0 Å². The summed E-state index contributed by atoms with van der Waals surface area (Å²) in [6.45, 7) is 3.41. The highest BCUT2D eigenvalue weighted by Crippen LogP contribution is 2.14. The Balaban J connectivity index is 3.04. The fourth-order valence-electron chi connectivity index (χ4n) is 0.808. The van der Waals surface area contributed by atoms with Gasteiger partial charge in [0, 0.05) is 0 Å². The van der Waals surface area contributed by atoms with E-state index >= 15 is 0 Å². The average Bonchev–Trinajstić information content (AvgIpc) is 2.51. The van der Waals surface area contributed by atoms with Gasteiger partial charge in [0.1, 0.15) is 11.3 Å². The number of hydrogen-bond acceptors (Lipinski definition) is 2. The van der Waals surface area contributed by atoms with Crippen LogP contribution in [0.25, 0.3) is 5.57 Å². The average molecular weight is 164 g/mol. The molecule has 1 N–H and O–H groups in total. The molecule has 0 fully saturated rings. The first kappa shape index (κ1) is 8.33. The molecule has 1 rings (SSSR count). The zero-order valence-corrected chi connectivity index (χ0v) is 6.36. The van der Waals surface area contributed by atoms with Gasteiger partial charge in [-0.25, -0.2) is 4.79 Å². The highest BCUT2D eigenvalue weighted by molar-refractivity contribution is 6.14. The minimum absolute atomic E-state index is 0.106. The van der Waals surface area contributed by atoms with Crippen LogP contribution in [-0.2, 0) is 4.79 Å². The summed E-state index contributed by atoms with van der Waals surface area (Å²) in [5.41, 5.74) is 0.106. The topological polar surface area (TPSA) is 50.4 Å². The standard InChI is InChI=1S/C9H8O3/c1-2-4-7(9(10)11)8-5-3-6-12-8/h2-6H,1H2,(H,10,11)/b7-4+. The quantitative estimate of drug-likeness (QED) is 0.548. The monoisotopic (exact) mass is 164 g/mol. The molecule has 0 saturated carbocycles. The van der Waals surface area contributed by atoms with Crippen molar-refractivity contribution in [2.24, 2.45) is 0 Å². The number of carboxylic acid groups (broad SMARTS) is 1. The molecule has 62 valence electrons. The summed E-state index contributed by atoms with van der Waals surface area (Å²) in [6, 6.07) is 3.22. The van der Waals surface area contributed by atoms with Gasteiger partial charge in [0.05, 0.1) is 6.26 Å². The van der Waals surface area contributed by atoms with Gasteiger partial charge in [-0.1, -0.05) is 12.7 Å². The number of furan rings is 1. The van der Waals surface area contributed by atoms with Crippen molar-refractivity contribution in [3.05, 3.63) is 42.9 Å². The van der Waals surface area contributed by atoms with Crippen LogP contribution >= 0.6 is 0 Å². The molecule has 1 heterocycles. The normalized spacial score (nSPS) is 11.2. The van der Waals surface area contributed by atoms with Crippen LogP contribution in [0.15, 0.2) is 41.5 Å². The highest BCUT2D eigenvalue weighted by Gasteiger charge is 2.10. The van der Waals surface area contributed by atoms with Gasteiger partial charge in [-0.3, -0.25) is 0 Å². The molecule has 1 aromatic rings. The molecule has 0 aliphatic carbocycles. The highest BCUT2D eigenvalue weighted by atomic mass is 16.4. The number of aliphatic carboxylic acids is 1. The van der Waals surface area contributed by atoms with E-state index in [-0.39, 0.29) is 5.57 Å². The van der Waals surface area contributed by atoms with Crippen LogP contribution in [0.2, 0.25) is 0 Å². The zero-order chi connectivity index (χ0) is 8.97. The van der Waals surface area contributed by atoms with Crippen LogP contribution in [-0.4, -0.2) is 11.1 Å². The minimum Gasteiger partial charge on any atom is -0.478 e. The Morgan fingerprint density at radius 1 is 1.67 bits per heavy atom. The summed E-state index contributed by atoms with van der Waals surface area (Å²) in [5, 5.41) is 8.70. The molecule has 0 unspecified atom stereocenters. The predicted octanol–water partition coefficient (Wildman–Crippen LogP) is 1.93. The van der Waals surface area contributed by atoms with Crippen molar-refractivity contribution >= 4 is 11.5 Å². The maximum absolute atomic E-state index is 10.6. The number of carboxylic acids is 1. The van der Waals surface area contributed by atoms with Gasteiger partial charge in [-0.05, 0) is 18.2 Å². The third-order valence-corrected chi connectivity index (χ3v) is 1.30. The second kappa shape index (κ2) is 3.57. The molecule has 0 aliphatic heterocycles. The first-order valence-corrected chi connectivity index (χ1v) is 3.35. The smallest absolute Gasteiger partial charge is 0.339 e. The first-order chi connectivity index (χ1) is 5.75. The summed E-state index contributed by atoms with van der Waals surface area (Å²) < 4.78 is 4.91. The fourth-order valence-corrected chi connectivity index (χ4v) is 0.808. The van der Waals surface area contributed by atoms with Gasteiger partial charge in [0.2, 0.25) is 0 Å². The third-order valence-electron chi connectivity index (χ3n) is 1.30. The molecule has 0 saturated heterocycles. The largest absolute Gasteiger partial charge is 0.478 e. The van der Waals surface area contributed by atoms with Crippen molar-refractivity contribution in [2.45, 2.75) is 0 Å². The van der Waals surface area contributed by atoms with Crippen LogP contribution in [0.5, 0.6) is 0 Å². The molecule has 0 atom stereocenters. The number of hydrogen-bond donors (Lipinski definition) is 1. The van der Waals surface area contributed by atoms with Gasteiger partial charge in [0.15, 0.2) is 0 Å². The van der Waals surface area contributed by atoms with E-state index in [1.807, 2.05) is 0 Å². The Morgan fingerprint density at radius 3 is 2.83 bits per heavy atom. The van der Waals surface area contributed by atoms with Crippen molar-refractivity contribution in [1.29, 1.82) is 0 Å². The SMILES string of the molecule is C=C/C=C(/C(=O)O)c1ccco1. The van der Waals surface area contributed by atoms with Crippen molar-refractivity contribution < 1.29 is 14.3 Å². The number of carbonyl (C=O) groups is 1. The first-order valence-electron chi connectivity index (χ1n) is 3.35. The lowest BCUT2D eigenvalue weighted by atomic mass is 10.2. The van der Waals surface area contributed by atoms with E-state index in [1.54, 1.807) is 12.1 Å². The van der Waals surface area contributed by atoms with Crippen LogP contribution in [0.1, 0.15) is 5.76 Å². The Morgan fingerprint density at radius 2 is 2.42 bits per heavy atom. The summed E-state index contributed by atoms with van der Waals surface area (Å²) in [4.78, 5) is 10.6. The van der Waals surface area contributed by atoms with Crippen molar-refractivity contribution in [3.63, 3.8) is 0 Å². The Kier molecular flexibility index (Phi) is 2.48. The molecular formula is C9H8O3. The van der Waals surface area contributed by atoms with Gasteiger partial charge in [0.25, 0.3) is 0 Å². The molecule has 1 aromatic heterocycles. The van der Waals surface area contributed by atoms with Crippen molar-refractivity contribution in [1.82, 2.24) is 0 Å². The summed E-state index contributed by atoms with van der Waals surface area (Å²) in [7, 11) is 0. The molecule has 0 amide bonds. The van der Waals surface area contributed by atoms with E-state index in [9.17, 15) is 4.79 Å². The van der Waals surface area contributed by atoms with E-state index in [4.69, 9.17) is 9.52 Å². The molecular weight excluding hydrogens is 156 g/mol. The van der Waals surface area contributed by atoms with Crippen molar-refractivity contribution in [3.8, 4) is 0 Å². The fraction of sp³-hybridized carbons (Fsp3) is 0. The van der Waals surface area contributed by atoms with Crippen LogP contribution in [0.4, 0.5) is 0 Å². The van der Waals surface area contributed by atoms with Gasteiger partial charge in [-0.15, -0.1) is 0 Å².